The monoisotopic (exact) mass is 309 g/mol. The van der Waals surface area contributed by atoms with E-state index in [-0.39, 0.29) is 0 Å². The maximum Gasteiger partial charge on any atom is 0.113 e. The molecule has 1 N–H and O–H groups in total. The van der Waals surface area contributed by atoms with Gasteiger partial charge >= 0.3 is 0 Å². The molecule has 0 spiro atoms. The van der Waals surface area contributed by atoms with E-state index in [0.29, 0.717) is 6.54 Å². The van der Waals surface area contributed by atoms with Crippen LogP contribution in [0.1, 0.15) is 5.01 Å². The van der Waals surface area contributed by atoms with Gasteiger partial charge in [0.2, 0.25) is 0 Å². The SMILES string of the molecule is Clc1cnc(CNc2ccccc2N2CCOCC2)s1. The highest BCUT2D eigenvalue weighted by molar-refractivity contribution is 7.15. The van der Waals surface area contributed by atoms with Gasteiger partial charge in [0.05, 0.1) is 37.3 Å². The average Bonchev–Trinajstić information content (AvgIpc) is 2.92. The molecule has 1 aliphatic rings. The second kappa shape index (κ2) is 6.43. The average molecular weight is 310 g/mol. The molecule has 2 aromatic rings. The summed E-state index contributed by atoms with van der Waals surface area (Å²) in [5, 5.41) is 4.44. The molecule has 2 heterocycles. The van der Waals surface area contributed by atoms with E-state index in [4.69, 9.17) is 16.3 Å². The summed E-state index contributed by atoms with van der Waals surface area (Å²) in [6.45, 7) is 4.13. The van der Waals surface area contributed by atoms with E-state index in [1.807, 2.05) is 6.07 Å². The third kappa shape index (κ3) is 3.23. The van der Waals surface area contributed by atoms with Crippen LogP contribution in [-0.4, -0.2) is 31.3 Å². The molecule has 1 aromatic carbocycles. The first-order chi connectivity index (χ1) is 9.83. The lowest BCUT2D eigenvalue weighted by Crippen LogP contribution is -2.36. The molecule has 0 atom stereocenters. The third-order valence-corrected chi connectivity index (χ3v) is 4.33. The number of ether oxygens (including phenoxy) is 1. The van der Waals surface area contributed by atoms with Crippen molar-refractivity contribution in [1.29, 1.82) is 0 Å². The fraction of sp³-hybridized carbons (Fsp3) is 0.357. The number of hydrogen-bond donors (Lipinski definition) is 1. The minimum Gasteiger partial charge on any atom is -0.378 e. The summed E-state index contributed by atoms with van der Waals surface area (Å²) in [4.78, 5) is 6.61. The maximum atomic E-state index is 5.90. The Morgan fingerprint density at radius 2 is 2.10 bits per heavy atom. The Morgan fingerprint density at radius 3 is 2.85 bits per heavy atom. The minimum atomic E-state index is 0.693. The number of rotatable bonds is 4. The summed E-state index contributed by atoms with van der Waals surface area (Å²) in [7, 11) is 0. The molecule has 0 amide bonds. The number of para-hydroxylation sites is 2. The van der Waals surface area contributed by atoms with Gasteiger partial charge in [-0.15, -0.1) is 11.3 Å². The van der Waals surface area contributed by atoms with Gasteiger partial charge in [0.1, 0.15) is 9.34 Å². The largest absolute Gasteiger partial charge is 0.378 e. The number of anilines is 2. The van der Waals surface area contributed by atoms with Gasteiger partial charge in [-0.05, 0) is 12.1 Å². The zero-order chi connectivity index (χ0) is 13.8. The third-order valence-electron chi connectivity index (χ3n) is 3.21. The first-order valence-corrected chi connectivity index (χ1v) is 7.78. The predicted octanol–water partition coefficient (Wildman–Crippen LogP) is 3.25. The van der Waals surface area contributed by atoms with Crippen molar-refractivity contribution in [2.45, 2.75) is 6.54 Å². The van der Waals surface area contributed by atoms with Crippen molar-refractivity contribution in [2.75, 3.05) is 36.5 Å². The maximum absolute atomic E-state index is 5.90. The highest BCUT2D eigenvalue weighted by atomic mass is 35.5. The zero-order valence-corrected chi connectivity index (χ0v) is 12.6. The number of thiazole rings is 1. The first-order valence-electron chi connectivity index (χ1n) is 6.59. The normalized spacial score (nSPS) is 15.3. The van der Waals surface area contributed by atoms with Gasteiger partial charge in [0.25, 0.3) is 0 Å². The van der Waals surface area contributed by atoms with Crippen molar-refractivity contribution in [2.24, 2.45) is 0 Å². The second-order valence-electron chi connectivity index (χ2n) is 4.53. The van der Waals surface area contributed by atoms with E-state index in [9.17, 15) is 0 Å². The van der Waals surface area contributed by atoms with Gasteiger partial charge in [-0.1, -0.05) is 23.7 Å². The van der Waals surface area contributed by atoms with E-state index in [1.165, 1.54) is 17.0 Å². The summed E-state index contributed by atoms with van der Waals surface area (Å²) in [6.07, 6.45) is 1.69. The summed E-state index contributed by atoms with van der Waals surface area (Å²) >= 11 is 7.41. The van der Waals surface area contributed by atoms with Crippen LogP contribution < -0.4 is 10.2 Å². The predicted molar refractivity (Wildman–Crippen MR) is 83.9 cm³/mol. The Balaban J connectivity index is 1.72. The Bertz CT molecular complexity index is 569. The van der Waals surface area contributed by atoms with E-state index in [1.54, 1.807) is 6.20 Å². The molecule has 1 aromatic heterocycles. The molecular formula is C14H16ClN3OS. The van der Waals surface area contributed by atoms with Crippen molar-refractivity contribution < 1.29 is 4.74 Å². The lowest BCUT2D eigenvalue weighted by atomic mass is 10.2. The van der Waals surface area contributed by atoms with Crippen LogP contribution in [0.25, 0.3) is 0 Å². The lowest BCUT2D eigenvalue weighted by Gasteiger charge is -2.30. The Hall–Kier alpha value is -1.30. The molecular weight excluding hydrogens is 294 g/mol. The van der Waals surface area contributed by atoms with E-state index < -0.39 is 0 Å². The van der Waals surface area contributed by atoms with Crippen molar-refractivity contribution in [1.82, 2.24) is 4.98 Å². The molecule has 0 bridgehead atoms. The summed E-state index contributed by atoms with van der Waals surface area (Å²) < 4.78 is 6.13. The minimum absolute atomic E-state index is 0.693. The molecule has 4 nitrogen and oxygen atoms in total. The van der Waals surface area contributed by atoms with Crippen molar-refractivity contribution in [3.8, 4) is 0 Å². The number of aromatic nitrogens is 1. The first kappa shape index (κ1) is 13.7. The van der Waals surface area contributed by atoms with Gasteiger partial charge in [0.15, 0.2) is 0 Å². The van der Waals surface area contributed by atoms with Crippen molar-refractivity contribution in [3.05, 3.63) is 39.8 Å². The number of hydrogen-bond acceptors (Lipinski definition) is 5. The van der Waals surface area contributed by atoms with Gasteiger partial charge < -0.3 is 15.0 Å². The Morgan fingerprint density at radius 1 is 1.30 bits per heavy atom. The molecule has 1 saturated heterocycles. The van der Waals surface area contributed by atoms with E-state index >= 15 is 0 Å². The Kier molecular flexibility index (Phi) is 4.40. The van der Waals surface area contributed by atoms with Crippen LogP contribution in [0.5, 0.6) is 0 Å². The fourth-order valence-electron chi connectivity index (χ4n) is 2.24. The molecule has 0 unspecified atom stereocenters. The van der Waals surface area contributed by atoms with Crippen LogP contribution in [0.2, 0.25) is 4.34 Å². The molecule has 0 saturated carbocycles. The van der Waals surface area contributed by atoms with E-state index in [0.717, 1.165) is 41.3 Å². The molecule has 0 aliphatic carbocycles. The number of morpholine rings is 1. The summed E-state index contributed by atoms with van der Waals surface area (Å²) in [5.74, 6) is 0. The van der Waals surface area contributed by atoms with Gasteiger partial charge in [-0.2, -0.15) is 0 Å². The summed E-state index contributed by atoms with van der Waals surface area (Å²) in [5.41, 5.74) is 2.35. The summed E-state index contributed by atoms with van der Waals surface area (Å²) in [6, 6.07) is 8.35. The van der Waals surface area contributed by atoms with Crippen molar-refractivity contribution >= 4 is 34.3 Å². The smallest absolute Gasteiger partial charge is 0.113 e. The van der Waals surface area contributed by atoms with Gasteiger partial charge in [0, 0.05) is 13.1 Å². The molecule has 1 aliphatic heterocycles. The topological polar surface area (TPSA) is 37.4 Å². The molecule has 20 heavy (non-hydrogen) atoms. The van der Waals surface area contributed by atoms with Crippen LogP contribution in [0.15, 0.2) is 30.5 Å². The zero-order valence-electron chi connectivity index (χ0n) is 11.0. The highest BCUT2D eigenvalue weighted by Gasteiger charge is 2.14. The van der Waals surface area contributed by atoms with Crippen LogP contribution in [0.3, 0.4) is 0 Å². The number of nitrogens with zero attached hydrogens (tertiary/aromatic N) is 2. The molecule has 3 rings (SSSR count). The molecule has 106 valence electrons. The fourth-order valence-corrected chi connectivity index (χ4v) is 3.14. The number of benzene rings is 1. The van der Waals surface area contributed by atoms with Gasteiger partial charge in [-0.3, -0.25) is 0 Å². The van der Waals surface area contributed by atoms with Gasteiger partial charge in [-0.25, -0.2) is 4.98 Å². The number of nitrogens with one attached hydrogen (secondary N) is 1. The quantitative estimate of drug-likeness (QED) is 0.941. The standard InChI is InChI=1S/C14H16ClN3OS/c15-13-9-17-14(20-13)10-16-11-3-1-2-4-12(11)18-5-7-19-8-6-18/h1-4,9,16H,5-8,10H2. The second-order valence-corrected chi connectivity index (χ2v) is 6.27. The Labute approximate surface area is 127 Å². The number of halogens is 1. The van der Waals surface area contributed by atoms with E-state index in [2.05, 4.69) is 33.4 Å². The van der Waals surface area contributed by atoms with Crippen LogP contribution in [0, 0.1) is 0 Å². The molecule has 0 radical (unpaired) electrons. The molecule has 1 fully saturated rings. The van der Waals surface area contributed by atoms with Crippen molar-refractivity contribution in [3.63, 3.8) is 0 Å². The van der Waals surface area contributed by atoms with Crippen LogP contribution in [0.4, 0.5) is 11.4 Å². The highest BCUT2D eigenvalue weighted by Crippen LogP contribution is 2.27. The van der Waals surface area contributed by atoms with Crippen LogP contribution in [-0.2, 0) is 11.3 Å². The lowest BCUT2D eigenvalue weighted by molar-refractivity contribution is 0.123. The van der Waals surface area contributed by atoms with Crippen LogP contribution >= 0.6 is 22.9 Å². The molecule has 6 heteroatoms.